The number of nitrogens with zero attached hydrogens (tertiary/aromatic N) is 1. The van der Waals surface area contributed by atoms with Crippen LogP contribution in [-0.4, -0.2) is 23.3 Å². The van der Waals surface area contributed by atoms with E-state index in [0.717, 1.165) is 12.1 Å². The van der Waals surface area contributed by atoms with E-state index in [1.165, 1.54) is 6.07 Å². The van der Waals surface area contributed by atoms with Crippen molar-refractivity contribution < 1.29 is 12.9 Å². The summed E-state index contributed by atoms with van der Waals surface area (Å²) >= 11 is 2.44. The molecule has 0 fully saturated rings. The molecule has 13 heavy (non-hydrogen) atoms. The molecule has 1 aromatic rings. The Morgan fingerprint density at radius 3 is 2.54 bits per heavy atom. The number of benzene rings is 1. The van der Waals surface area contributed by atoms with Gasteiger partial charge in [0, 0.05) is 0 Å². The van der Waals surface area contributed by atoms with Crippen LogP contribution in [0.3, 0.4) is 0 Å². The molecule has 1 aromatic carbocycles. The Kier molecular flexibility index (Phi) is 3.11. The maximum absolute atomic E-state index is 10.7. The van der Waals surface area contributed by atoms with E-state index in [1.807, 2.05) is 0 Å². The third kappa shape index (κ3) is 2.32. The zero-order valence-corrected chi connectivity index (χ0v) is 8.61. The van der Waals surface area contributed by atoms with Crippen molar-refractivity contribution in [2.75, 3.05) is 0 Å². The zero-order valence-electron chi connectivity index (χ0n) is 6.14. The molecule has 1 unspecified atom stereocenters. The SMILES string of the molecule is O=[N+]([O-])c1ccc([Se](=O)O)c(Cl)c1. The Hall–Kier alpha value is -0.811. The van der Waals surface area contributed by atoms with Crippen LogP contribution in [-0.2, 0) is 3.83 Å². The molecule has 0 heterocycles. The first-order valence-electron chi connectivity index (χ1n) is 3.07. The van der Waals surface area contributed by atoms with Gasteiger partial charge in [0.05, 0.1) is 0 Å². The fourth-order valence-electron chi connectivity index (χ4n) is 0.745. The molecule has 0 spiro atoms. The summed E-state index contributed by atoms with van der Waals surface area (Å²) in [6.45, 7) is 0. The first-order chi connectivity index (χ1) is 6.02. The third-order valence-electron chi connectivity index (χ3n) is 1.31. The monoisotopic (exact) mass is 269 g/mol. The summed E-state index contributed by atoms with van der Waals surface area (Å²) in [5, 5.41) is 10.2. The Balaban J connectivity index is 3.20. The standard InChI is InChI=1S/C6H4ClNO4Se/c7-5-3-4(8(9)10)1-2-6(5)13(11)12/h1-3H,(H,11,12). The Morgan fingerprint density at radius 1 is 1.54 bits per heavy atom. The van der Waals surface area contributed by atoms with Gasteiger partial charge in [-0.2, -0.15) is 0 Å². The van der Waals surface area contributed by atoms with Crippen LogP contribution in [0.5, 0.6) is 0 Å². The van der Waals surface area contributed by atoms with Gasteiger partial charge in [-0.15, -0.1) is 0 Å². The van der Waals surface area contributed by atoms with Gasteiger partial charge >= 0.3 is 82.2 Å². The summed E-state index contributed by atoms with van der Waals surface area (Å²) in [5.41, 5.74) is -0.194. The molecule has 70 valence electrons. The van der Waals surface area contributed by atoms with Crippen molar-refractivity contribution in [3.63, 3.8) is 0 Å². The van der Waals surface area contributed by atoms with Gasteiger partial charge in [-0.05, 0) is 0 Å². The minimum absolute atomic E-state index is 0.0447. The number of non-ortho nitro benzene ring substituents is 1. The van der Waals surface area contributed by atoms with Gasteiger partial charge in [0.2, 0.25) is 0 Å². The average Bonchev–Trinajstić information content (AvgIpc) is 2.03. The van der Waals surface area contributed by atoms with E-state index in [4.69, 9.17) is 15.8 Å². The number of nitro benzene ring substituents is 1. The molecule has 0 aliphatic rings. The quantitative estimate of drug-likeness (QED) is 0.477. The Morgan fingerprint density at radius 2 is 2.15 bits per heavy atom. The summed E-state index contributed by atoms with van der Waals surface area (Å²) in [4.78, 5) is 9.63. The second-order valence-corrected chi connectivity index (χ2v) is 4.50. The maximum atomic E-state index is 10.7. The molecule has 0 saturated carbocycles. The van der Waals surface area contributed by atoms with Crippen LogP contribution in [0, 0.1) is 10.1 Å². The van der Waals surface area contributed by atoms with Gasteiger partial charge in [0.15, 0.2) is 0 Å². The van der Waals surface area contributed by atoms with Gasteiger partial charge in [-0.1, -0.05) is 0 Å². The molecule has 1 N–H and O–H groups in total. The van der Waals surface area contributed by atoms with Gasteiger partial charge in [-0.25, -0.2) is 0 Å². The van der Waals surface area contributed by atoms with Crippen LogP contribution in [0.15, 0.2) is 18.2 Å². The van der Waals surface area contributed by atoms with Crippen molar-refractivity contribution in [2.24, 2.45) is 0 Å². The molecule has 7 heteroatoms. The van der Waals surface area contributed by atoms with Gasteiger partial charge in [-0.3, -0.25) is 0 Å². The van der Waals surface area contributed by atoms with Crippen molar-refractivity contribution in [3.8, 4) is 0 Å². The number of hydrogen-bond donors (Lipinski definition) is 1. The van der Waals surface area contributed by atoms with Crippen LogP contribution in [0.25, 0.3) is 0 Å². The molecule has 0 amide bonds. The van der Waals surface area contributed by atoms with Crippen molar-refractivity contribution in [2.45, 2.75) is 0 Å². The Bertz CT molecular complexity index is 381. The molecular formula is C6H4ClNO4Se. The molecule has 0 bridgehead atoms. The number of hydrogen-bond acceptors (Lipinski definition) is 3. The second-order valence-electron chi connectivity index (χ2n) is 2.12. The summed E-state index contributed by atoms with van der Waals surface area (Å²) in [7, 11) is 0. The molecule has 0 saturated heterocycles. The Labute approximate surface area is 82.5 Å². The van der Waals surface area contributed by atoms with Crippen LogP contribution < -0.4 is 4.46 Å². The van der Waals surface area contributed by atoms with Crippen LogP contribution >= 0.6 is 11.6 Å². The average molecular weight is 269 g/mol. The topological polar surface area (TPSA) is 80.4 Å². The van der Waals surface area contributed by atoms with E-state index in [2.05, 4.69) is 0 Å². The summed E-state index contributed by atoms with van der Waals surface area (Å²) in [6, 6.07) is 3.39. The fourth-order valence-corrected chi connectivity index (χ4v) is 2.12. The molecule has 1 atom stereocenters. The van der Waals surface area contributed by atoms with E-state index < -0.39 is 19.1 Å². The zero-order chi connectivity index (χ0) is 10.0. The van der Waals surface area contributed by atoms with E-state index in [1.54, 1.807) is 0 Å². The molecule has 0 aliphatic heterocycles. The van der Waals surface area contributed by atoms with Crippen molar-refractivity contribution in [1.29, 1.82) is 0 Å². The predicted octanol–water partition coefficient (Wildman–Crippen LogP) is 0.366. The van der Waals surface area contributed by atoms with Gasteiger partial charge < -0.3 is 0 Å². The first-order valence-corrected chi connectivity index (χ1v) is 5.77. The fraction of sp³-hybridized carbons (Fsp3) is 0. The molecule has 0 radical (unpaired) electrons. The number of rotatable bonds is 2. The van der Waals surface area contributed by atoms with Crippen LogP contribution in [0.1, 0.15) is 0 Å². The van der Waals surface area contributed by atoms with Gasteiger partial charge in [0.25, 0.3) is 0 Å². The third-order valence-corrected chi connectivity index (χ3v) is 3.42. The minimum atomic E-state index is -3.10. The number of nitro groups is 1. The predicted molar refractivity (Wildman–Crippen MR) is 46.4 cm³/mol. The summed E-state index contributed by atoms with van der Waals surface area (Å²) < 4.78 is 19.5. The number of halogens is 1. The summed E-state index contributed by atoms with van der Waals surface area (Å²) in [6.07, 6.45) is 0. The van der Waals surface area contributed by atoms with E-state index in [9.17, 15) is 13.9 Å². The summed E-state index contributed by atoms with van der Waals surface area (Å²) in [5.74, 6) is 0. The molecule has 0 aromatic heterocycles. The first kappa shape index (κ1) is 10.3. The second kappa shape index (κ2) is 3.93. The van der Waals surface area contributed by atoms with Crippen molar-refractivity contribution >= 4 is 35.9 Å². The molecular weight excluding hydrogens is 264 g/mol. The molecule has 5 nitrogen and oxygen atoms in total. The van der Waals surface area contributed by atoms with Crippen molar-refractivity contribution in [1.82, 2.24) is 0 Å². The van der Waals surface area contributed by atoms with Crippen molar-refractivity contribution in [3.05, 3.63) is 33.3 Å². The van der Waals surface area contributed by atoms with Crippen LogP contribution in [0.2, 0.25) is 5.02 Å². The molecule has 0 aliphatic carbocycles. The van der Waals surface area contributed by atoms with E-state index in [-0.39, 0.29) is 15.2 Å². The normalized spacial score (nSPS) is 12.5. The van der Waals surface area contributed by atoms with Gasteiger partial charge in [0.1, 0.15) is 0 Å². The van der Waals surface area contributed by atoms with E-state index in [0.29, 0.717) is 0 Å². The van der Waals surface area contributed by atoms with E-state index >= 15 is 0 Å². The van der Waals surface area contributed by atoms with Crippen LogP contribution in [0.4, 0.5) is 5.69 Å². The molecule has 1 rings (SSSR count).